The monoisotopic (exact) mass is 452 g/mol. The molecule has 0 amide bonds. The summed E-state index contributed by atoms with van der Waals surface area (Å²) in [6, 6.07) is 10.5. The van der Waals surface area contributed by atoms with Crippen molar-refractivity contribution in [3.05, 3.63) is 71.2 Å². The van der Waals surface area contributed by atoms with Gasteiger partial charge in [-0.2, -0.15) is 51.6 Å². The van der Waals surface area contributed by atoms with Gasteiger partial charge in [0.2, 0.25) is 11.5 Å². The van der Waals surface area contributed by atoms with Crippen LogP contribution in [0.3, 0.4) is 0 Å². The Labute approximate surface area is 173 Å². The van der Waals surface area contributed by atoms with Crippen LogP contribution in [0.5, 0.6) is 11.5 Å². The summed E-state index contributed by atoms with van der Waals surface area (Å²) < 4.78 is 94.5. The summed E-state index contributed by atoms with van der Waals surface area (Å²) in [6.07, 6.45) is 0. The third kappa shape index (κ3) is 3.68. The number of rotatable bonds is 6. The smallest absolute Gasteiger partial charge is 0.387 e. The third-order valence-corrected chi connectivity index (χ3v) is 4.95. The summed E-state index contributed by atoms with van der Waals surface area (Å²) in [5, 5.41) is 0. The van der Waals surface area contributed by atoms with Gasteiger partial charge in [0.25, 0.3) is 0 Å². The first-order valence-electron chi connectivity index (χ1n) is 8.18. The highest BCUT2D eigenvalue weighted by atomic mass is 32.1. The van der Waals surface area contributed by atoms with Gasteiger partial charge in [0, 0.05) is 11.5 Å². The van der Waals surface area contributed by atoms with Crippen molar-refractivity contribution in [2.45, 2.75) is 29.3 Å². The highest BCUT2D eigenvalue weighted by Gasteiger charge is 2.83. The van der Waals surface area contributed by atoms with Crippen molar-refractivity contribution in [1.82, 2.24) is 0 Å². The third-order valence-electron chi connectivity index (χ3n) is 4.22. The zero-order chi connectivity index (χ0) is 21.4. The first-order chi connectivity index (χ1) is 13.5. The van der Waals surface area contributed by atoms with Crippen LogP contribution in [-0.2, 0) is 11.5 Å². The van der Waals surface area contributed by atoms with E-state index in [1.807, 2.05) is 0 Å². The lowest BCUT2D eigenvalue weighted by molar-refractivity contribution is -0.273. The number of hydrogen-bond donors (Lipinski definition) is 2. The maximum atomic E-state index is 14.3. The molecule has 3 rings (SSSR count). The van der Waals surface area contributed by atoms with Crippen molar-refractivity contribution in [3.8, 4) is 11.5 Å². The zero-order valence-corrected chi connectivity index (χ0v) is 16.3. The van der Waals surface area contributed by atoms with E-state index in [2.05, 4.69) is 25.3 Å². The quantitative estimate of drug-likeness (QED) is 0.406. The first kappa shape index (κ1) is 21.8. The van der Waals surface area contributed by atoms with Crippen molar-refractivity contribution < 1.29 is 35.8 Å². The Bertz CT molecular complexity index is 838. The average Bonchev–Trinajstić information content (AvgIpc) is 2.79. The Morgan fingerprint density at radius 1 is 0.586 bits per heavy atom. The number of thiol groups is 2. The van der Waals surface area contributed by atoms with Gasteiger partial charge in [0.15, 0.2) is 0 Å². The van der Waals surface area contributed by atoms with Gasteiger partial charge < -0.3 is 9.47 Å². The molecule has 29 heavy (non-hydrogen) atoms. The molecule has 2 aromatic rings. The van der Waals surface area contributed by atoms with Crippen LogP contribution in [0.15, 0.2) is 60.0 Å². The zero-order valence-electron chi connectivity index (χ0n) is 14.5. The molecule has 0 aliphatic heterocycles. The maximum absolute atomic E-state index is 14.3. The first-order valence-corrected chi connectivity index (χ1v) is 9.45. The van der Waals surface area contributed by atoms with Crippen LogP contribution in [0.4, 0.5) is 26.3 Å². The minimum atomic E-state index is -5.74. The van der Waals surface area contributed by atoms with Gasteiger partial charge in [-0.1, -0.05) is 24.3 Å². The van der Waals surface area contributed by atoms with E-state index >= 15 is 0 Å². The molecule has 0 unspecified atom stereocenters. The van der Waals surface area contributed by atoms with Crippen molar-refractivity contribution in [2.75, 3.05) is 0 Å². The maximum Gasteiger partial charge on any atom is 0.387 e. The lowest BCUT2D eigenvalue weighted by Crippen LogP contribution is -2.50. The van der Waals surface area contributed by atoms with Crippen molar-refractivity contribution in [3.63, 3.8) is 0 Å². The van der Waals surface area contributed by atoms with Gasteiger partial charge in [-0.15, -0.1) is 0 Å². The average molecular weight is 452 g/mol. The van der Waals surface area contributed by atoms with E-state index in [1.54, 1.807) is 0 Å². The second-order valence-corrected chi connectivity index (χ2v) is 6.82. The number of ether oxygens (including phenoxy) is 2. The molecule has 0 aromatic heterocycles. The van der Waals surface area contributed by atoms with Crippen LogP contribution < -0.4 is 9.47 Å². The van der Waals surface area contributed by atoms with E-state index in [-0.39, 0.29) is 11.5 Å². The van der Waals surface area contributed by atoms with Crippen LogP contribution >= 0.6 is 25.3 Å². The summed E-state index contributed by atoms with van der Waals surface area (Å²) in [7, 11) is 0. The lowest BCUT2D eigenvalue weighted by atomic mass is 10.1. The molecule has 1 aliphatic carbocycles. The molecule has 0 radical (unpaired) electrons. The Balaban J connectivity index is 2.05. The minimum Gasteiger partial charge on any atom is -0.451 e. The van der Waals surface area contributed by atoms with Gasteiger partial charge in [-0.05, 0) is 35.4 Å². The molecule has 0 saturated heterocycles. The van der Waals surface area contributed by atoms with E-state index < -0.39 is 29.3 Å². The molecule has 0 bridgehead atoms. The van der Waals surface area contributed by atoms with Gasteiger partial charge in [-0.25, -0.2) is 0 Å². The summed E-state index contributed by atoms with van der Waals surface area (Å²) in [4.78, 5) is 0. The fourth-order valence-electron chi connectivity index (χ4n) is 2.55. The summed E-state index contributed by atoms with van der Waals surface area (Å²) in [6.45, 7) is 0. The molecule has 10 heteroatoms. The predicted octanol–water partition coefficient (Wildman–Crippen LogP) is 6.14. The van der Waals surface area contributed by atoms with Gasteiger partial charge in [-0.3, -0.25) is 0 Å². The second-order valence-electron chi connectivity index (χ2n) is 6.19. The van der Waals surface area contributed by atoms with Crippen LogP contribution in [0.25, 0.3) is 0 Å². The number of alkyl halides is 6. The standard InChI is InChI=1S/C19H14F6O2S2/c20-17(21)15(26-13-5-1-11(9-28)2-6-13)16(18(22,23)19(17,24)25)27-14-7-3-12(10-29)4-8-14/h1-8,28-29H,9-10H2. The molecule has 0 heterocycles. The summed E-state index contributed by atoms with van der Waals surface area (Å²) >= 11 is 8.05. The van der Waals surface area contributed by atoms with Crippen LogP contribution in [0.2, 0.25) is 0 Å². The van der Waals surface area contributed by atoms with E-state index in [9.17, 15) is 26.3 Å². The molecule has 0 saturated carbocycles. The molecule has 0 fully saturated rings. The Hall–Kier alpha value is -1.94. The predicted molar refractivity (Wildman–Crippen MR) is 101 cm³/mol. The molecule has 0 spiro atoms. The summed E-state index contributed by atoms with van der Waals surface area (Å²) in [5.74, 6) is -20.2. The molecule has 2 nitrogen and oxygen atoms in total. The topological polar surface area (TPSA) is 18.5 Å². The largest absolute Gasteiger partial charge is 0.451 e. The highest BCUT2D eigenvalue weighted by molar-refractivity contribution is 7.79. The Morgan fingerprint density at radius 2 is 0.897 bits per heavy atom. The van der Waals surface area contributed by atoms with Crippen molar-refractivity contribution in [2.24, 2.45) is 0 Å². The second kappa shape index (κ2) is 7.71. The Morgan fingerprint density at radius 3 is 1.17 bits per heavy atom. The van der Waals surface area contributed by atoms with E-state index in [0.717, 1.165) is 0 Å². The van der Waals surface area contributed by atoms with Crippen LogP contribution in [-0.4, -0.2) is 17.8 Å². The Kier molecular flexibility index (Phi) is 5.79. The van der Waals surface area contributed by atoms with E-state index in [1.165, 1.54) is 48.5 Å². The molecule has 1 aliphatic rings. The lowest BCUT2D eigenvalue weighted by Gasteiger charge is -2.24. The number of allylic oxidation sites excluding steroid dienone is 2. The van der Waals surface area contributed by atoms with E-state index in [4.69, 9.17) is 9.47 Å². The van der Waals surface area contributed by atoms with Crippen molar-refractivity contribution in [1.29, 1.82) is 0 Å². The molecule has 0 atom stereocenters. The molecule has 0 N–H and O–H groups in total. The SMILES string of the molecule is FC1(F)C(Oc2ccc(CS)cc2)=C(Oc2ccc(CS)cc2)C(F)(F)C1(F)F. The van der Waals surface area contributed by atoms with Gasteiger partial charge in [0.05, 0.1) is 0 Å². The summed E-state index contributed by atoms with van der Waals surface area (Å²) in [5.41, 5.74) is 1.37. The van der Waals surface area contributed by atoms with Gasteiger partial charge >= 0.3 is 17.8 Å². The number of halogens is 6. The number of benzene rings is 2. The normalized spacial score (nSPS) is 19.3. The van der Waals surface area contributed by atoms with Crippen LogP contribution in [0.1, 0.15) is 11.1 Å². The highest BCUT2D eigenvalue weighted by Crippen LogP contribution is 2.59. The number of hydrogen-bond acceptors (Lipinski definition) is 4. The fraction of sp³-hybridized carbons (Fsp3) is 0.263. The molecule has 2 aromatic carbocycles. The minimum absolute atomic E-state index is 0.325. The van der Waals surface area contributed by atoms with Crippen molar-refractivity contribution >= 4 is 25.3 Å². The van der Waals surface area contributed by atoms with Gasteiger partial charge in [0.1, 0.15) is 11.5 Å². The molecule has 156 valence electrons. The van der Waals surface area contributed by atoms with E-state index in [0.29, 0.717) is 22.6 Å². The fourth-order valence-corrected chi connectivity index (χ4v) is 2.97. The molecular weight excluding hydrogens is 438 g/mol. The molecular formula is C19H14F6O2S2. The van der Waals surface area contributed by atoms with Crippen LogP contribution in [0, 0.1) is 0 Å².